The number of benzene rings is 1. The van der Waals surface area contributed by atoms with E-state index in [4.69, 9.17) is 11.2 Å². The lowest BCUT2D eigenvalue weighted by atomic mass is 10.0. The van der Waals surface area contributed by atoms with E-state index < -0.39 is 0 Å². The molecule has 1 aromatic carbocycles. The van der Waals surface area contributed by atoms with Crippen LogP contribution in [0.2, 0.25) is 0 Å². The van der Waals surface area contributed by atoms with Crippen LogP contribution in [0.25, 0.3) is 11.6 Å². The quantitative estimate of drug-likeness (QED) is 0.647. The van der Waals surface area contributed by atoms with Crippen molar-refractivity contribution in [3.8, 4) is 18.1 Å². The average molecular weight is 264 g/mol. The van der Waals surface area contributed by atoms with Gasteiger partial charge in [0.15, 0.2) is 0 Å². The van der Waals surface area contributed by atoms with Gasteiger partial charge in [-0.25, -0.2) is 0 Å². The molecule has 0 saturated carbocycles. The molecule has 20 heavy (non-hydrogen) atoms. The standard InChI is InChI=1S/C16H12N2O2/c1-3-10-4-5-13-11(8-10)12(16(19)18-13)9-14-15(20-2)6-7-17-14/h1,4-9,17H,2H3,(H,18,19)/b12-9-. The molecule has 3 rings (SSSR count). The highest BCUT2D eigenvalue weighted by Crippen LogP contribution is 2.34. The van der Waals surface area contributed by atoms with Crippen molar-refractivity contribution in [2.24, 2.45) is 0 Å². The lowest BCUT2D eigenvalue weighted by Crippen LogP contribution is -2.03. The summed E-state index contributed by atoms with van der Waals surface area (Å²) in [5, 5.41) is 2.82. The molecule has 2 heterocycles. The van der Waals surface area contributed by atoms with Gasteiger partial charge in [-0.1, -0.05) is 5.92 Å². The van der Waals surface area contributed by atoms with Crippen LogP contribution >= 0.6 is 0 Å². The van der Waals surface area contributed by atoms with Crippen LogP contribution in [0.3, 0.4) is 0 Å². The lowest BCUT2D eigenvalue weighted by molar-refractivity contribution is -0.110. The number of ether oxygens (including phenoxy) is 1. The van der Waals surface area contributed by atoms with Gasteiger partial charge in [0, 0.05) is 23.0 Å². The summed E-state index contributed by atoms with van der Waals surface area (Å²) in [4.78, 5) is 15.1. The van der Waals surface area contributed by atoms with E-state index in [2.05, 4.69) is 16.2 Å². The predicted molar refractivity (Wildman–Crippen MR) is 78.2 cm³/mol. The van der Waals surface area contributed by atoms with Crippen LogP contribution in [0.1, 0.15) is 16.8 Å². The molecule has 0 atom stereocenters. The van der Waals surface area contributed by atoms with Crippen molar-refractivity contribution in [1.82, 2.24) is 4.98 Å². The van der Waals surface area contributed by atoms with Gasteiger partial charge in [-0.15, -0.1) is 6.42 Å². The summed E-state index contributed by atoms with van der Waals surface area (Å²) in [6, 6.07) is 7.25. The monoisotopic (exact) mass is 264 g/mol. The van der Waals surface area contributed by atoms with Crippen molar-refractivity contribution in [1.29, 1.82) is 0 Å². The van der Waals surface area contributed by atoms with E-state index in [1.165, 1.54) is 0 Å². The van der Waals surface area contributed by atoms with Crippen LogP contribution in [0.15, 0.2) is 30.5 Å². The number of fused-ring (bicyclic) bond motifs is 1. The fourth-order valence-corrected chi connectivity index (χ4v) is 2.22. The van der Waals surface area contributed by atoms with E-state index >= 15 is 0 Å². The van der Waals surface area contributed by atoms with Crippen LogP contribution in [0.4, 0.5) is 5.69 Å². The molecule has 2 aromatic rings. The number of nitrogens with one attached hydrogen (secondary N) is 2. The Morgan fingerprint density at radius 3 is 2.95 bits per heavy atom. The molecule has 0 saturated heterocycles. The van der Waals surface area contributed by atoms with Gasteiger partial charge < -0.3 is 15.0 Å². The minimum atomic E-state index is -0.147. The Bertz CT molecular complexity index is 763. The Balaban J connectivity index is 2.12. The van der Waals surface area contributed by atoms with Gasteiger partial charge in [0.1, 0.15) is 5.75 Å². The van der Waals surface area contributed by atoms with Crippen molar-refractivity contribution in [3.63, 3.8) is 0 Å². The molecule has 4 nitrogen and oxygen atoms in total. The minimum Gasteiger partial charge on any atom is -0.495 e. The van der Waals surface area contributed by atoms with Crippen LogP contribution in [0.5, 0.6) is 5.75 Å². The summed E-state index contributed by atoms with van der Waals surface area (Å²) in [6.07, 6.45) is 8.93. The molecular weight excluding hydrogens is 252 g/mol. The smallest absolute Gasteiger partial charge is 0.256 e. The zero-order valence-corrected chi connectivity index (χ0v) is 10.9. The van der Waals surface area contributed by atoms with Crippen molar-refractivity contribution >= 4 is 23.2 Å². The maximum Gasteiger partial charge on any atom is 0.256 e. The third-order valence-electron chi connectivity index (χ3n) is 3.22. The molecule has 0 unspecified atom stereocenters. The van der Waals surface area contributed by atoms with Gasteiger partial charge >= 0.3 is 0 Å². The summed E-state index contributed by atoms with van der Waals surface area (Å²) in [6.45, 7) is 0. The lowest BCUT2D eigenvalue weighted by Gasteiger charge is -2.01. The van der Waals surface area contributed by atoms with Gasteiger partial charge in [-0.2, -0.15) is 0 Å². The summed E-state index contributed by atoms with van der Waals surface area (Å²) in [5.74, 6) is 3.11. The Morgan fingerprint density at radius 1 is 1.35 bits per heavy atom. The number of methoxy groups -OCH3 is 1. The van der Waals surface area contributed by atoms with Crippen molar-refractivity contribution < 1.29 is 9.53 Å². The molecule has 0 radical (unpaired) electrons. The molecule has 0 fully saturated rings. The number of anilines is 1. The number of amides is 1. The molecule has 0 spiro atoms. The summed E-state index contributed by atoms with van der Waals surface area (Å²) >= 11 is 0. The second-order valence-electron chi connectivity index (χ2n) is 4.38. The van der Waals surface area contributed by atoms with Crippen molar-refractivity contribution in [2.45, 2.75) is 0 Å². The highest BCUT2D eigenvalue weighted by atomic mass is 16.5. The molecule has 4 heteroatoms. The topological polar surface area (TPSA) is 54.1 Å². The maximum absolute atomic E-state index is 12.1. The summed E-state index contributed by atoms with van der Waals surface area (Å²) in [5.41, 5.74) is 3.63. The Labute approximate surface area is 116 Å². The average Bonchev–Trinajstić information content (AvgIpc) is 3.03. The Kier molecular flexibility index (Phi) is 2.81. The van der Waals surface area contributed by atoms with E-state index in [1.807, 2.05) is 12.1 Å². The normalized spacial score (nSPS) is 14.8. The maximum atomic E-state index is 12.1. The third kappa shape index (κ3) is 1.86. The minimum absolute atomic E-state index is 0.147. The molecule has 1 aliphatic heterocycles. The molecule has 0 aliphatic carbocycles. The van der Waals surface area contributed by atoms with Gasteiger partial charge in [0.05, 0.1) is 18.4 Å². The van der Waals surface area contributed by atoms with E-state index in [0.29, 0.717) is 11.3 Å². The zero-order chi connectivity index (χ0) is 14.1. The first-order valence-electron chi connectivity index (χ1n) is 6.08. The number of hydrogen-bond donors (Lipinski definition) is 2. The Morgan fingerprint density at radius 2 is 2.20 bits per heavy atom. The molecule has 1 amide bonds. The van der Waals surface area contributed by atoms with Crippen LogP contribution in [0, 0.1) is 12.3 Å². The zero-order valence-electron chi connectivity index (χ0n) is 10.9. The Hall–Kier alpha value is -2.93. The first-order valence-corrected chi connectivity index (χ1v) is 6.08. The van der Waals surface area contributed by atoms with Gasteiger partial charge in [-0.05, 0) is 30.3 Å². The highest BCUT2D eigenvalue weighted by molar-refractivity contribution is 6.35. The van der Waals surface area contributed by atoms with E-state index in [9.17, 15) is 4.79 Å². The number of rotatable bonds is 2. The largest absolute Gasteiger partial charge is 0.495 e. The van der Waals surface area contributed by atoms with Crippen LogP contribution < -0.4 is 10.1 Å². The van der Waals surface area contributed by atoms with Crippen molar-refractivity contribution in [3.05, 3.63) is 47.3 Å². The molecule has 98 valence electrons. The van der Waals surface area contributed by atoms with E-state index in [0.717, 1.165) is 22.5 Å². The predicted octanol–water partition coefficient (Wildman–Crippen LogP) is 2.50. The SMILES string of the molecule is C#Cc1ccc2c(c1)/C(=C/c1[nH]ccc1OC)C(=O)N2. The fraction of sp³-hybridized carbons (Fsp3) is 0.0625. The number of terminal acetylenes is 1. The molecule has 2 N–H and O–H groups in total. The second kappa shape index (κ2) is 4.63. The highest BCUT2D eigenvalue weighted by Gasteiger charge is 2.24. The number of carbonyl (C=O) groups is 1. The third-order valence-corrected chi connectivity index (χ3v) is 3.22. The molecule has 1 aliphatic rings. The summed E-state index contributed by atoms with van der Waals surface area (Å²) < 4.78 is 5.22. The number of carbonyl (C=O) groups excluding carboxylic acids is 1. The number of hydrogen-bond acceptors (Lipinski definition) is 2. The first-order chi connectivity index (χ1) is 9.72. The fourth-order valence-electron chi connectivity index (χ4n) is 2.22. The number of aromatic amines is 1. The van der Waals surface area contributed by atoms with Crippen molar-refractivity contribution in [2.75, 3.05) is 12.4 Å². The van der Waals surface area contributed by atoms with E-state index in [1.54, 1.807) is 31.5 Å². The van der Waals surface area contributed by atoms with Gasteiger partial charge in [0.2, 0.25) is 0 Å². The number of aromatic nitrogens is 1. The molecular formula is C16H12N2O2. The molecule has 1 aromatic heterocycles. The van der Waals surface area contributed by atoms with E-state index in [-0.39, 0.29) is 5.91 Å². The first kappa shape index (κ1) is 12.1. The van der Waals surface area contributed by atoms with Crippen LogP contribution in [-0.4, -0.2) is 18.0 Å². The van der Waals surface area contributed by atoms with Gasteiger partial charge in [-0.3, -0.25) is 4.79 Å². The second-order valence-corrected chi connectivity index (χ2v) is 4.38. The molecule has 0 bridgehead atoms. The number of H-pyrrole nitrogens is 1. The van der Waals surface area contributed by atoms with Gasteiger partial charge in [0.25, 0.3) is 5.91 Å². The summed E-state index contributed by atoms with van der Waals surface area (Å²) in [7, 11) is 1.59. The van der Waals surface area contributed by atoms with Crippen LogP contribution in [-0.2, 0) is 4.79 Å².